The Labute approximate surface area is 206 Å². The first kappa shape index (κ1) is 23.1. The van der Waals surface area contributed by atoms with E-state index in [1.54, 1.807) is 42.5 Å². The Morgan fingerprint density at radius 3 is 2.50 bits per heavy atom. The Morgan fingerprint density at radius 1 is 0.972 bits per heavy atom. The predicted molar refractivity (Wildman–Crippen MR) is 136 cm³/mol. The molecule has 0 aliphatic heterocycles. The minimum absolute atomic E-state index is 0.0904. The zero-order valence-corrected chi connectivity index (χ0v) is 20.2. The van der Waals surface area contributed by atoms with Gasteiger partial charge in [0.2, 0.25) is 5.91 Å². The summed E-state index contributed by atoms with van der Waals surface area (Å²) in [6.45, 7) is 6.89. The van der Waals surface area contributed by atoms with E-state index in [1.807, 2.05) is 26.0 Å². The number of aromatic amines is 2. The maximum atomic E-state index is 13.0. The molecule has 36 heavy (non-hydrogen) atoms. The van der Waals surface area contributed by atoms with Crippen LogP contribution in [0.2, 0.25) is 0 Å². The molecular formula is C25H25N9O2. The highest BCUT2D eigenvalue weighted by Gasteiger charge is 2.21. The van der Waals surface area contributed by atoms with Gasteiger partial charge in [-0.3, -0.25) is 14.7 Å². The van der Waals surface area contributed by atoms with Gasteiger partial charge in [0.25, 0.3) is 5.91 Å². The van der Waals surface area contributed by atoms with Gasteiger partial charge in [-0.05, 0) is 38.1 Å². The molecule has 3 N–H and O–H groups in total. The van der Waals surface area contributed by atoms with E-state index in [2.05, 4.69) is 35.5 Å². The number of carbonyl (C=O) groups excluding carboxylic acids is 2. The highest BCUT2D eigenvalue weighted by molar-refractivity contribution is 6.05. The Kier molecular flexibility index (Phi) is 6.11. The molecular weight excluding hydrogens is 458 g/mol. The zero-order chi connectivity index (χ0) is 25.2. The van der Waals surface area contributed by atoms with E-state index in [0.29, 0.717) is 59.2 Å². The van der Waals surface area contributed by atoms with Crippen LogP contribution in [0.1, 0.15) is 37.6 Å². The highest BCUT2D eigenvalue weighted by Crippen LogP contribution is 2.29. The molecule has 182 valence electrons. The lowest BCUT2D eigenvalue weighted by atomic mass is 10.1. The summed E-state index contributed by atoms with van der Waals surface area (Å²) >= 11 is 0. The average molecular weight is 484 g/mol. The molecule has 5 aromatic heterocycles. The van der Waals surface area contributed by atoms with Crippen molar-refractivity contribution in [2.24, 2.45) is 0 Å². The molecule has 2 amide bonds. The fraction of sp³-hybridized carbons (Fsp3) is 0.240. The van der Waals surface area contributed by atoms with E-state index >= 15 is 0 Å². The summed E-state index contributed by atoms with van der Waals surface area (Å²) in [6, 6.07) is 7.26. The quantitative estimate of drug-likeness (QED) is 0.319. The normalized spacial score (nSPS) is 11.2. The van der Waals surface area contributed by atoms with Gasteiger partial charge in [-0.1, -0.05) is 6.92 Å². The minimum Gasteiger partial charge on any atom is -0.339 e. The van der Waals surface area contributed by atoms with Crippen molar-refractivity contribution in [1.82, 2.24) is 40.0 Å². The third-order valence-electron chi connectivity index (χ3n) is 5.99. The van der Waals surface area contributed by atoms with E-state index in [1.165, 1.54) is 0 Å². The third kappa shape index (κ3) is 4.15. The van der Waals surface area contributed by atoms with E-state index in [4.69, 9.17) is 4.98 Å². The number of rotatable bonds is 7. The second kappa shape index (κ2) is 9.53. The molecule has 11 heteroatoms. The van der Waals surface area contributed by atoms with Crippen molar-refractivity contribution in [2.75, 3.05) is 18.4 Å². The fourth-order valence-electron chi connectivity index (χ4n) is 3.99. The van der Waals surface area contributed by atoms with Crippen LogP contribution in [0.5, 0.6) is 0 Å². The van der Waals surface area contributed by atoms with Crippen LogP contribution >= 0.6 is 0 Å². The molecule has 5 aromatic rings. The summed E-state index contributed by atoms with van der Waals surface area (Å²) in [6.07, 6.45) is 5.40. The molecule has 0 bridgehead atoms. The van der Waals surface area contributed by atoms with Crippen LogP contribution in [0.4, 0.5) is 5.82 Å². The first-order valence-corrected chi connectivity index (χ1v) is 11.8. The van der Waals surface area contributed by atoms with Crippen molar-refractivity contribution >= 4 is 39.8 Å². The van der Waals surface area contributed by atoms with Crippen molar-refractivity contribution in [3.8, 4) is 22.6 Å². The number of hydrogen-bond acceptors (Lipinski definition) is 7. The van der Waals surface area contributed by atoms with Gasteiger partial charge in [0.1, 0.15) is 17.0 Å². The lowest BCUT2D eigenvalue weighted by molar-refractivity contribution is -0.115. The Morgan fingerprint density at radius 2 is 1.78 bits per heavy atom. The van der Waals surface area contributed by atoms with Gasteiger partial charge in [0, 0.05) is 49.2 Å². The van der Waals surface area contributed by atoms with Crippen molar-refractivity contribution in [3.63, 3.8) is 0 Å². The van der Waals surface area contributed by atoms with E-state index in [9.17, 15) is 9.59 Å². The van der Waals surface area contributed by atoms with Crippen LogP contribution in [0.3, 0.4) is 0 Å². The second-order valence-corrected chi connectivity index (χ2v) is 8.14. The molecule has 0 aromatic carbocycles. The number of nitrogens with one attached hydrogen (secondary N) is 3. The van der Waals surface area contributed by atoms with E-state index in [-0.39, 0.29) is 11.8 Å². The molecule has 0 aliphatic rings. The van der Waals surface area contributed by atoms with Crippen molar-refractivity contribution in [2.45, 2.75) is 27.2 Å². The van der Waals surface area contributed by atoms with Crippen LogP contribution in [-0.4, -0.2) is 64.9 Å². The molecule has 0 unspecified atom stereocenters. The lowest BCUT2D eigenvalue weighted by Gasteiger charge is -2.18. The zero-order valence-electron chi connectivity index (χ0n) is 20.2. The minimum atomic E-state index is -0.0938. The van der Waals surface area contributed by atoms with Crippen LogP contribution in [0, 0.1) is 0 Å². The number of fused-ring (bicyclic) bond motifs is 2. The Balaban J connectivity index is 1.52. The number of amides is 2. The molecule has 0 atom stereocenters. The molecule has 0 spiro atoms. The summed E-state index contributed by atoms with van der Waals surface area (Å²) in [5, 5.41) is 10.9. The van der Waals surface area contributed by atoms with Crippen molar-refractivity contribution in [3.05, 3.63) is 48.4 Å². The molecule has 5 heterocycles. The molecule has 0 radical (unpaired) electrons. The van der Waals surface area contributed by atoms with Gasteiger partial charge in [-0.15, -0.1) is 0 Å². The number of pyridine rings is 3. The number of carbonyl (C=O) groups is 2. The molecule has 0 saturated carbocycles. The fourth-order valence-corrected chi connectivity index (χ4v) is 3.99. The highest BCUT2D eigenvalue weighted by atomic mass is 16.2. The predicted octanol–water partition coefficient (Wildman–Crippen LogP) is 3.79. The summed E-state index contributed by atoms with van der Waals surface area (Å²) < 4.78 is 0. The number of H-pyrrole nitrogens is 2. The first-order chi connectivity index (χ1) is 17.5. The summed E-state index contributed by atoms with van der Waals surface area (Å²) in [4.78, 5) is 47.5. The number of aromatic nitrogens is 7. The first-order valence-electron chi connectivity index (χ1n) is 11.8. The average Bonchev–Trinajstić information content (AvgIpc) is 3.53. The van der Waals surface area contributed by atoms with Crippen LogP contribution < -0.4 is 5.32 Å². The number of hydrogen-bond donors (Lipinski definition) is 3. The maximum absolute atomic E-state index is 13.0. The maximum Gasteiger partial charge on any atom is 0.256 e. The van der Waals surface area contributed by atoms with Crippen LogP contribution in [-0.2, 0) is 4.79 Å². The molecule has 0 aliphatic carbocycles. The molecule has 0 saturated heterocycles. The van der Waals surface area contributed by atoms with Gasteiger partial charge in [-0.25, -0.2) is 19.9 Å². The van der Waals surface area contributed by atoms with Crippen molar-refractivity contribution < 1.29 is 9.59 Å². The van der Waals surface area contributed by atoms with Crippen LogP contribution in [0.15, 0.2) is 42.9 Å². The summed E-state index contributed by atoms with van der Waals surface area (Å²) in [5.74, 6) is 0.794. The topological polar surface area (TPSA) is 145 Å². The van der Waals surface area contributed by atoms with E-state index < -0.39 is 0 Å². The second-order valence-electron chi connectivity index (χ2n) is 8.14. The molecule has 11 nitrogen and oxygen atoms in total. The smallest absolute Gasteiger partial charge is 0.256 e. The van der Waals surface area contributed by atoms with Crippen molar-refractivity contribution in [1.29, 1.82) is 0 Å². The number of nitrogens with zero attached hydrogens (tertiary/aromatic N) is 6. The van der Waals surface area contributed by atoms with Gasteiger partial charge in [-0.2, -0.15) is 5.10 Å². The van der Waals surface area contributed by atoms with Crippen LogP contribution in [0.25, 0.3) is 44.8 Å². The summed E-state index contributed by atoms with van der Waals surface area (Å²) in [5.41, 5.74) is 4.34. The third-order valence-corrected chi connectivity index (χ3v) is 5.99. The van der Waals surface area contributed by atoms with E-state index in [0.717, 1.165) is 16.5 Å². The van der Waals surface area contributed by atoms with Gasteiger partial charge >= 0.3 is 0 Å². The number of anilines is 1. The SMILES string of the molecule is CCC(=O)Nc1ccc(-c2cnc3[nH]nc(-c4nc5c(C(=O)N(CC)CC)ccnc5[nH]4)c3c2)cn1. The van der Waals surface area contributed by atoms with Gasteiger partial charge in [0.05, 0.1) is 10.9 Å². The van der Waals surface area contributed by atoms with Gasteiger partial charge in [0.15, 0.2) is 17.1 Å². The standard InChI is InChI=1S/C25H25N9O2/c1-4-19(35)29-18-8-7-14(12-27-18)15-11-17-21(32-33-22(17)28-13-15)24-30-20-16(9-10-26-23(20)31-24)25(36)34(5-2)6-3/h7-13H,4-6H2,1-3H3,(H,26,30,31)(H,27,29,35)(H,28,32,33). The molecule has 5 rings (SSSR count). The summed E-state index contributed by atoms with van der Waals surface area (Å²) in [7, 11) is 0. The molecule has 0 fully saturated rings. The monoisotopic (exact) mass is 483 g/mol. The number of imidazole rings is 1. The lowest BCUT2D eigenvalue weighted by Crippen LogP contribution is -2.30. The van der Waals surface area contributed by atoms with Gasteiger partial charge < -0.3 is 15.2 Å². The Hall–Kier alpha value is -4.67. The largest absolute Gasteiger partial charge is 0.339 e. The Bertz CT molecular complexity index is 1570.